The Hall–Kier alpha value is -1.06. The Kier molecular flexibility index (Phi) is 6.07. The first-order valence-electron chi connectivity index (χ1n) is 7.76. The number of carbonyl (C=O) groups excluding carboxylic acids is 1. The van der Waals surface area contributed by atoms with E-state index >= 15 is 0 Å². The molecule has 0 aliphatic carbocycles. The van der Waals surface area contributed by atoms with Crippen LogP contribution in [0.15, 0.2) is 24.3 Å². The van der Waals surface area contributed by atoms with Crippen molar-refractivity contribution in [2.75, 3.05) is 20.1 Å². The van der Waals surface area contributed by atoms with Gasteiger partial charge in [-0.25, -0.2) is 0 Å². The second-order valence-corrected chi connectivity index (χ2v) is 6.54. The average molecular weight is 309 g/mol. The van der Waals surface area contributed by atoms with Crippen molar-refractivity contribution in [3.05, 3.63) is 34.9 Å². The van der Waals surface area contributed by atoms with Crippen LogP contribution in [0.1, 0.15) is 31.7 Å². The lowest BCUT2D eigenvalue weighted by Gasteiger charge is -2.29. The highest BCUT2D eigenvalue weighted by molar-refractivity contribution is 6.31. The number of nitrogens with zero attached hydrogens (tertiary/aromatic N) is 1. The van der Waals surface area contributed by atoms with Gasteiger partial charge in [0.05, 0.1) is 0 Å². The molecule has 4 heteroatoms. The first kappa shape index (κ1) is 16.3. The zero-order valence-corrected chi connectivity index (χ0v) is 13.7. The molecule has 0 saturated carbocycles. The molecule has 2 rings (SSSR count). The van der Waals surface area contributed by atoms with E-state index in [2.05, 4.69) is 12.2 Å². The predicted octanol–water partition coefficient (Wildman–Crippen LogP) is 3.32. The van der Waals surface area contributed by atoms with Gasteiger partial charge in [-0.05, 0) is 49.4 Å². The fourth-order valence-electron chi connectivity index (χ4n) is 2.93. The van der Waals surface area contributed by atoms with Crippen LogP contribution in [0.4, 0.5) is 0 Å². The predicted molar refractivity (Wildman–Crippen MR) is 87.3 cm³/mol. The molecule has 1 aliphatic rings. The highest BCUT2D eigenvalue weighted by Gasteiger charge is 2.23. The minimum atomic E-state index is 0.202. The Morgan fingerprint density at radius 1 is 1.48 bits per heavy atom. The van der Waals surface area contributed by atoms with Crippen molar-refractivity contribution in [3.8, 4) is 0 Å². The molecule has 3 nitrogen and oxygen atoms in total. The van der Waals surface area contributed by atoms with Crippen molar-refractivity contribution >= 4 is 17.5 Å². The fraction of sp³-hybridized carbons (Fsp3) is 0.588. The molecule has 1 heterocycles. The van der Waals surface area contributed by atoms with Gasteiger partial charge in [0.2, 0.25) is 5.91 Å². The monoisotopic (exact) mass is 308 g/mol. The van der Waals surface area contributed by atoms with Gasteiger partial charge in [0, 0.05) is 25.0 Å². The molecule has 0 aromatic heterocycles. The van der Waals surface area contributed by atoms with E-state index in [4.69, 9.17) is 11.6 Å². The highest BCUT2D eigenvalue weighted by Crippen LogP contribution is 2.24. The summed E-state index contributed by atoms with van der Waals surface area (Å²) < 4.78 is 0. The summed E-state index contributed by atoms with van der Waals surface area (Å²) in [7, 11) is 1.86. The largest absolute Gasteiger partial charge is 0.341 e. The van der Waals surface area contributed by atoms with Crippen LogP contribution >= 0.6 is 11.6 Å². The van der Waals surface area contributed by atoms with Gasteiger partial charge < -0.3 is 10.2 Å². The van der Waals surface area contributed by atoms with Crippen molar-refractivity contribution in [2.24, 2.45) is 11.8 Å². The number of hydrogen-bond acceptors (Lipinski definition) is 2. The van der Waals surface area contributed by atoms with Gasteiger partial charge in [0.15, 0.2) is 0 Å². The lowest BCUT2D eigenvalue weighted by molar-refractivity contribution is -0.131. The summed E-state index contributed by atoms with van der Waals surface area (Å²) in [4.78, 5) is 14.2. The van der Waals surface area contributed by atoms with Crippen LogP contribution in [0.2, 0.25) is 5.02 Å². The molecule has 1 aromatic carbocycles. The van der Waals surface area contributed by atoms with E-state index < -0.39 is 0 Å². The van der Waals surface area contributed by atoms with Gasteiger partial charge in [-0.2, -0.15) is 0 Å². The van der Waals surface area contributed by atoms with Crippen LogP contribution in [-0.2, 0) is 11.3 Å². The fourth-order valence-corrected chi connectivity index (χ4v) is 3.13. The second-order valence-electron chi connectivity index (χ2n) is 6.13. The summed E-state index contributed by atoms with van der Waals surface area (Å²) >= 11 is 6.15. The van der Waals surface area contributed by atoms with Crippen molar-refractivity contribution in [2.45, 2.75) is 32.7 Å². The van der Waals surface area contributed by atoms with E-state index in [-0.39, 0.29) is 5.91 Å². The van der Waals surface area contributed by atoms with Crippen molar-refractivity contribution < 1.29 is 4.79 Å². The number of benzene rings is 1. The van der Waals surface area contributed by atoms with Crippen LogP contribution in [0.5, 0.6) is 0 Å². The summed E-state index contributed by atoms with van der Waals surface area (Å²) in [5.74, 6) is 1.25. The van der Waals surface area contributed by atoms with Crippen LogP contribution in [-0.4, -0.2) is 30.9 Å². The SMILES string of the molecule is CC(CC(=O)N(C)Cc1ccccc1Cl)C1CCCNC1. The van der Waals surface area contributed by atoms with Gasteiger partial charge in [0.1, 0.15) is 0 Å². The lowest BCUT2D eigenvalue weighted by Crippen LogP contribution is -2.36. The molecule has 1 aromatic rings. The Bertz CT molecular complexity index is 472. The number of hydrogen-bond donors (Lipinski definition) is 1. The summed E-state index contributed by atoms with van der Waals surface area (Å²) in [6.45, 7) is 4.93. The zero-order valence-electron chi connectivity index (χ0n) is 12.9. The molecule has 1 fully saturated rings. The molecule has 0 radical (unpaired) electrons. The molecule has 0 bridgehead atoms. The smallest absolute Gasteiger partial charge is 0.222 e. The Morgan fingerprint density at radius 3 is 2.90 bits per heavy atom. The Balaban J connectivity index is 1.86. The van der Waals surface area contributed by atoms with Crippen LogP contribution in [0.25, 0.3) is 0 Å². The van der Waals surface area contributed by atoms with Gasteiger partial charge in [0.25, 0.3) is 0 Å². The van der Waals surface area contributed by atoms with E-state index in [1.54, 1.807) is 4.90 Å². The topological polar surface area (TPSA) is 32.3 Å². The third-order valence-electron chi connectivity index (χ3n) is 4.43. The van der Waals surface area contributed by atoms with E-state index in [0.717, 1.165) is 23.7 Å². The second kappa shape index (κ2) is 7.81. The zero-order chi connectivity index (χ0) is 15.2. The third-order valence-corrected chi connectivity index (χ3v) is 4.80. The van der Waals surface area contributed by atoms with Gasteiger partial charge >= 0.3 is 0 Å². The molecular formula is C17H25ClN2O. The number of halogens is 1. The molecule has 21 heavy (non-hydrogen) atoms. The number of rotatable bonds is 5. The van der Waals surface area contributed by atoms with E-state index in [0.29, 0.717) is 24.8 Å². The van der Waals surface area contributed by atoms with Gasteiger partial charge in [-0.1, -0.05) is 36.7 Å². The molecule has 1 amide bonds. The van der Waals surface area contributed by atoms with Gasteiger partial charge in [-0.15, -0.1) is 0 Å². The molecule has 2 unspecified atom stereocenters. The van der Waals surface area contributed by atoms with Crippen molar-refractivity contribution in [3.63, 3.8) is 0 Å². The molecule has 2 atom stereocenters. The molecule has 0 spiro atoms. The highest BCUT2D eigenvalue weighted by atomic mass is 35.5. The maximum atomic E-state index is 12.4. The summed E-state index contributed by atoms with van der Waals surface area (Å²) in [6, 6.07) is 7.70. The third kappa shape index (κ3) is 4.72. The first-order valence-corrected chi connectivity index (χ1v) is 8.14. The molecular weight excluding hydrogens is 284 g/mol. The number of amides is 1. The normalized spacial score (nSPS) is 20.0. The number of piperidine rings is 1. The Morgan fingerprint density at radius 2 is 2.24 bits per heavy atom. The quantitative estimate of drug-likeness (QED) is 0.905. The van der Waals surface area contributed by atoms with E-state index in [1.807, 2.05) is 31.3 Å². The van der Waals surface area contributed by atoms with E-state index in [9.17, 15) is 4.79 Å². The molecule has 1 saturated heterocycles. The maximum absolute atomic E-state index is 12.4. The van der Waals surface area contributed by atoms with Crippen LogP contribution < -0.4 is 5.32 Å². The van der Waals surface area contributed by atoms with Crippen LogP contribution in [0.3, 0.4) is 0 Å². The lowest BCUT2D eigenvalue weighted by atomic mass is 9.85. The van der Waals surface area contributed by atoms with Gasteiger partial charge in [-0.3, -0.25) is 4.79 Å². The Labute approximate surface area is 132 Å². The molecule has 116 valence electrons. The summed E-state index contributed by atoms with van der Waals surface area (Å²) in [5.41, 5.74) is 1.00. The summed E-state index contributed by atoms with van der Waals surface area (Å²) in [5, 5.41) is 4.15. The number of nitrogens with one attached hydrogen (secondary N) is 1. The summed E-state index contributed by atoms with van der Waals surface area (Å²) in [6.07, 6.45) is 3.07. The van der Waals surface area contributed by atoms with Crippen LogP contribution in [0, 0.1) is 11.8 Å². The molecule has 1 N–H and O–H groups in total. The van der Waals surface area contributed by atoms with Crippen molar-refractivity contribution in [1.82, 2.24) is 10.2 Å². The maximum Gasteiger partial charge on any atom is 0.222 e. The first-order chi connectivity index (χ1) is 10.1. The number of carbonyl (C=O) groups is 1. The minimum absolute atomic E-state index is 0.202. The standard InChI is InChI=1S/C17H25ClN2O/c1-13(14-7-5-9-19-11-14)10-17(21)20(2)12-15-6-3-4-8-16(15)18/h3-4,6,8,13-14,19H,5,7,9-12H2,1-2H3. The van der Waals surface area contributed by atoms with Crippen molar-refractivity contribution in [1.29, 1.82) is 0 Å². The minimum Gasteiger partial charge on any atom is -0.341 e. The average Bonchev–Trinajstić information content (AvgIpc) is 2.50. The molecule has 1 aliphatic heterocycles. The van der Waals surface area contributed by atoms with E-state index in [1.165, 1.54) is 12.8 Å².